The number of fused-ring (bicyclic) bond motifs is 1. The van der Waals surface area contributed by atoms with Crippen LogP contribution in [0.3, 0.4) is 0 Å². The highest BCUT2D eigenvalue weighted by atomic mass is 16.5. The Bertz CT molecular complexity index is 798. The predicted molar refractivity (Wildman–Crippen MR) is 104 cm³/mol. The van der Waals surface area contributed by atoms with E-state index in [2.05, 4.69) is 41.0 Å². The second-order valence-corrected chi connectivity index (χ2v) is 9.17. The molecular formula is C22H30N2O3. The maximum absolute atomic E-state index is 13.0. The van der Waals surface area contributed by atoms with Gasteiger partial charge < -0.3 is 14.7 Å². The van der Waals surface area contributed by atoms with Gasteiger partial charge in [-0.25, -0.2) is 4.79 Å². The summed E-state index contributed by atoms with van der Waals surface area (Å²) >= 11 is 0. The average molecular weight is 370 g/mol. The van der Waals surface area contributed by atoms with Crippen LogP contribution < -0.4 is 4.90 Å². The number of anilines is 1. The van der Waals surface area contributed by atoms with Crippen LogP contribution in [0.1, 0.15) is 44.6 Å². The molecule has 0 radical (unpaired) electrons. The zero-order valence-corrected chi connectivity index (χ0v) is 16.6. The van der Waals surface area contributed by atoms with Crippen LogP contribution in [0, 0.1) is 5.41 Å². The number of carbonyl (C=O) groups is 1. The van der Waals surface area contributed by atoms with Crippen LogP contribution in [0.2, 0.25) is 0 Å². The fourth-order valence-corrected chi connectivity index (χ4v) is 7.66. The number of rotatable bonds is 2. The first kappa shape index (κ1) is 17.5. The van der Waals surface area contributed by atoms with Gasteiger partial charge >= 0.3 is 5.97 Å². The SMILES string of the molecule is CC[C@]12CCCN3CC[C@@]4(c5ccccc5N(C)[C@H]4[C@@](O)(C(=O)OC)C1)[C@@H]32. The molecule has 1 N–H and O–H groups in total. The van der Waals surface area contributed by atoms with Gasteiger partial charge in [0.15, 0.2) is 5.60 Å². The first-order valence-corrected chi connectivity index (χ1v) is 10.3. The number of para-hydroxylation sites is 1. The van der Waals surface area contributed by atoms with E-state index in [0.717, 1.165) is 44.5 Å². The molecule has 1 aliphatic carbocycles. The van der Waals surface area contributed by atoms with Crippen molar-refractivity contribution < 1.29 is 14.6 Å². The molecule has 146 valence electrons. The topological polar surface area (TPSA) is 53.0 Å². The van der Waals surface area contributed by atoms with Crippen molar-refractivity contribution in [3.05, 3.63) is 29.8 Å². The fourth-order valence-electron chi connectivity index (χ4n) is 7.66. The molecule has 0 bridgehead atoms. The van der Waals surface area contributed by atoms with E-state index in [-0.39, 0.29) is 16.9 Å². The Kier molecular flexibility index (Phi) is 3.55. The lowest BCUT2D eigenvalue weighted by Gasteiger charge is -2.62. The first-order chi connectivity index (χ1) is 12.9. The lowest BCUT2D eigenvalue weighted by atomic mass is 9.48. The van der Waals surface area contributed by atoms with Crippen molar-refractivity contribution in [2.75, 3.05) is 32.1 Å². The monoisotopic (exact) mass is 370 g/mol. The minimum Gasteiger partial charge on any atom is -0.467 e. The Morgan fingerprint density at radius 1 is 1.26 bits per heavy atom. The van der Waals surface area contributed by atoms with E-state index in [4.69, 9.17) is 4.74 Å². The number of piperidine rings is 1. The number of likely N-dealkylation sites (N-methyl/N-ethyl adjacent to an activating group) is 1. The van der Waals surface area contributed by atoms with Gasteiger partial charge in [-0.05, 0) is 62.2 Å². The number of ether oxygens (including phenoxy) is 1. The molecule has 5 atom stereocenters. The number of benzene rings is 1. The molecule has 2 saturated heterocycles. The average Bonchev–Trinajstić information content (AvgIpc) is 3.20. The summed E-state index contributed by atoms with van der Waals surface area (Å²) in [5.41, 5.74) is 0.716. The first-order valence-electron chi connectivity index (χ1n) is 10.3. The van der Waals surface area contributed by atoms with Crippen molar-refractivity contribution in [2.24, 2.45) is 5.41 Å². The van der Waals surface area contributed by atoms with Gasteiger partial charge in [0.25, 0.3) is 0 Å². The highest BCUT2D eigenvalue weighted by Gasteiger charge is 2.75. The third kappa shape index (κ3) is 1.85. The summed E-state index contributed by atoms with van der Waals surface area (Å²) in [7, 11) is 3.44. The normalized spacial score (nSPS) is 42.4. The van der Waals surface area contributed by atoms with Crippen molar-refractivity contribution in [3.8, 4) is 0 Å². The minimum absolute atomic E-state index is 0.0491. The Hall–Kier alpha value is -1.59. The molecule has 27 heavy (non-hydrogen) atoms. The molecule has 5 heteroatoms. The molecule has 0 aromatic heterocycles. The van der Waals surface area contributed by atoms with Gasteiger partial charge in [0.2, 0.25) is 0 Å². The Labute approximate surface area is 161 Å². The largest absolute Gasteiger partial charge is 0.467 e. The molecule has 1 aromatic rings. The smallest absolute Gasteiger partial charge is 0.340 e. The van der Waals surface area contributed by atoms with Crippen molar-refractivity contribution in [2.45, 2.75) is 62.1 Å². The van der Waals surface area contributed by atoms with Crippen LogP contribution in [0.4, 0.5) is 5.69 Å². The van der Waals surface area contributed by atoms with Crippen molar-refractivity contribution in [1.82, 2.24) is 4.90 Å². The van der Waals surface area contributed by atoms with Crippen molar-refractivity contribution in [3.63, 3.8) is 0 Å². The number of hydrogen-bond donors (Lipinski definition) is 1. The van der Waals surface area contributed by atoms with Crippen LogP contribution in [0.5, 0.6) is 0 Å². The molecule has 3 heterocycles. The second-order valence-electron chi connectivity index (χ2n) is 9.17. The second kappa shape index (κ2) is 5.48. The number of nitrogens with zero attached hydrogens (tertiary/aromatic N) is 2. The fraction of sp³-hybridized carbons (Fsp3) is 0.682. The van der Waals surface area contributed by atoms with Crippen LogP contribution in [-0.4, -0.2) is 60.9 Å². The molecule has 1 saturated carbocycles. The zero-order chi connectivity index (χ0) is 19.0. The minimum atomic E-state index is -1.48. The van der Waals surface area contributed by atoms with E-state index < -0.39 is 11.6 Å². The Balaban J connectivity index is 1.81. The van der Waals surface area contributed by atoms with Gasteiger partial charge in [-0.1, -0.05) is 25.1 Å². The molecule has 3 aliphatic heterocycles. The molecule has 1 spiro atoms. The standard InChI is InChI=1S/C22H30N2O3/c1-4-20-10-7-12-24-13-11-21(17(20)24)15-8-5-6-9-16(15)23(2)18(21)22(26,14-20)19(25)27-3/h5-6,8-9,17-18,26H,4,7,10-14H2,1-3H3/t17-,18+,20-,21+,22+/m0/s1. The van der Waals surface area contributed by atoms with E-state index in [0.29, 0.717) is 12.5 Å². The van der Waals surface area contributed by atoms with E-state index >= 15 is 0 Å². The predicted octanol–water partition coefficient (Wildman–Crippen LogP) is 2.32. The van der Waals surface area contributed by atoms with Gasteiger partial charge in [-0.2, -0.15) is 0 Å². The van der Waals surface area contributed by atoms with E-state index in [1.807, 2.05) is 7.05 Å². The molecule has 0 amide bonds. The summed E-state index contributed by atoms with van der Waals surface area (Å²) in [5.74, 6) is -0.471. The van der Waals surface area contributed by atoms with Crippen LogP contribution in [0.15, 0.2) is 24.3 Å². The van der Waals surface area contributed by atoms with E-state index in [1.165, 1.54) is 12.7 Å². The number of carbonyl (C=O) groups excluding carboxylic acids is 1. The molecule has 5 rings (SSSR count). The summed E-state index contributed by atoms with van der Waals surface area (Å²) in [6.45, 7) is 4.41. The quantitative estimate of drug-likeness (QED) is 0.810. The summed E-state index contributed by atoms with van der Waals surface area (Å²) in [4.78, 5) is 17.8. The van der Waals surface area contributed by atoms with Gasteiger partial charge in [-0.15, -0.1) is 0 Å². The highest BCUT2D eigenvalue weighted by molar-refractivity contribution is 5.84. The lowest BCUT2D eigenvalue weighted by molar-refractivity contribution is -0.188. The maximum Gasteiger partial charge on any atom is 0.340 e. The Morgan fingerprint density at radius 3 is 2.78 bits per heavy atom. The van der Waals surface area contributed by atoms with Crippen LogP contribution >= 0.6 is 0 Å². The molecule has 5 nitrogen and oxygen atoms in total. The number of hydrogen-bond acceptors (Lipinski definition) is 5. The summed E-state index contributed by atoms with van der Waals surface area (Å²) in [5, 5.41) is 12.0. The van der Waals surface area contributed by atoms with Gasteiger partial charge in [0.1, 0.15) is 0 Å². The molecule has 0 unspecified atom stereocenters. The maximum atomic E-state index is 13.0. The number of methoxy groups -OCH3 is 1. The summed E-state index contributed by atoms with van der Waals surface area (Å²) in [6.07, 6.45) is 4.68. The summed E-state index contributed by atoms with van der Waals surface area (Å²) in [6, 6.07) is 8.63. The Morgan fingerprint density at radius 2 is 2.04 bits per heavy atom. The number of aliphatic hydroxyl groups is 1. The molecular weight excluding hydrogens is 340 g/mol. The van der Waals surface area contributed by atoms with E-state index in [1.54, 1.807) is 0 Å². The van der Waals surface area contributed by atoms with Gasteiger partial charge in [0.05, 0.1) is 13.2 Å². The van der Waals surface area contributed by atoms with Gasteiger partial charge in [-0.3, -0.25) is 4.90 Å². The third-order valence-electron chi connectivity index (χ3n) is 8.34. The van der Waals surface area contributed by atoms with Crippen molar-refractivity contribution in [1.29, 1.82) is 0 Å². The zero-order valence-electron chi connectivity index (χ0n) is 16.6. The molecule has 4 aliphatic rings. The molecule has 1 aromatic carbocycles. The highest BCUT2D eigenvalue weighted by Crippen LogP contribution is 2.67. The molecule has 3 fully saturated rings. The van der Waals surface area contributed by atoms with Crippen LogP contribution in [-0.2, 0) is 14.9 Å². The van der Waals surface area contributed by atoms with E-state index in [9.17, 15) is 9.90 Å². The lowest BCUT2D eigenvalue weighted by Crippen LogP contribution is -2.75. The van der Waals surface area contributed by atoms with Crippen molar-refractivity contribution >= 4 is 11.7 Å². The summed E-state index contributed by atoms with van der Waals surface area (Å²) < 4.78 is 5.19. The number of esters is 1. The van der Waals surface area contributed by atoms with Gasteiger partial charge in [0, 0.05) is 24.2 Å². The van der Waals surface area contributed by atoms with Crippen LogP contribution in [0.25, 0.3) is 0 Å². The third-order valence-corrected chi connectivity index (χ3v) is 8.34.